The van der Waals surface area contributed by atoms with E-state index >= 15 is 0 Å². The summed E-state index contributed by atoms with van der Waals surface area (Å²) >= 11 is 0. The van der Waals surface area contributed by atoms with E-state index in [9.17, 15) is 18.5 Å². The van der Waals surface area contributed by atoms with Crippen molar-refractivity contribution in [2.75, 3.05) is 11.6 Å². The summed E-state index contributed by atoms with van der Waals surface area (Å²) < 4.78 is 28.5. The number of hydrogen-bond donors (Lipinski definition) is 1. The molecule has 38 heavy (non-hydrogen) atoms. The summed E-state index contributed by atoms with van der Waals surface area (Å²) in [6.45, 7) is 2.05. The molecule has 9 heteroatoms. The maximum Gasteiger partial charge on any atom is 0.278 e. The topological polar surface area (TPSA) is 105 Å². The van der Waals surface area contributed by atoms with Crippen molar-refractivity contribution in [3.63, 3.8) is 0 Å². The first-order valence-corrected chi connectivity index (χ1v) is 13.6. The first-order valence-electron chi connectivity index (χ1n) is 12.1. The highest BCUT2D eigenvalue weighted by Crippen LogP contribution is 2.30. The van der Waals surface area contributed by atoms with Crippen molar-refractivity contribution in [2.24, 2.45) is 5.10 Å². The lowest BCUT2D eigenvalue weighted by Crippen LogP contribution is -2.30. The van der Waals surface area contributed by atoms with Crippen LogP contribution in [-0.4, -0.2) is 26.1 Å². The van der Waals surface area contributed by atoms with Gasteiger partial charge in [-0.15, -0.1) is 0 Å². The zero-order valence-corrected chi connectivity index (χ0v) is 21.7. The Bertz CT molecular complexity index is 1490. The summed E-state index contributed by atoms with van der Waals surface area (Å²) in [4.78, 5) is 11.3. The number of para-hydroxylation sites is 2. The minimum absolute atomic E-state index is 0.0496. The molecule has 0 heterocycles. The number of rotatable bonds is 11. The van der Waals surface area contributed by atoms with Gasteiger partial charge in [-0.3, -0.25) is 15.1 Å². The molecule has 0 spiro atoms. The van der Waals surface area contributed by atoms with E-state index in [1.54, 1.807) is 47.5 Å². The van der Waals surface area contributed by atoms with Crippen LogP contribution in [0.25, 0.3) is 0 Å². The number of sulfonamides is 1. The summed E-state index contributed by atoms with van der Waals surface area (Å²) in [5.74, 6) is 0. The van der Waals surface area contributed by atoms with E-state index < -0.39 is 14.9 Å². The van der Waals surface area contributed by atoms with Gasteiger partial charge in [-0.1, -0.05) is 78.4 Å². The molecule has 0 amide bonds. The fraction of sp³-hybridized carbons (Fsp3) is 0.138. The van der Waals surface area contributed by atoms with Crippen LogP contribution in [-0.2, 0) is 10.0 Å². The van der Waals surface area contributed by atoms with Crippen LogP contribution in [0, 0.1) is 17.0 Å². The van der Waals surface area contributed by atoms with Gasteiger partial charge in [0.1, 0.15) is 0 Å². The second kappa shape index (κ2) is 12.3. The molecule has 4 rings (SSSR count). The number of nitro groups is 1. The molecule has 0 fully saturated rings. The molecule has 0 aliphatic carbocycles. The Labute approximate surface area is 222 Å². The van der Waals surface area contributed by atoms with Crippen LogP contribution in [0.1, 0.15) is 29.2 Å². The molecule has 0 saturated carbocycles. The van der Waals surface area contributed by atoms with E-state index in [0.29, 0.717) is 12.0 Å². The predicted octanol–water partition coefficient (Wildman–Crippen LogP) is 5.85. The molecular formula is C29H28N4O4S. The SMILES string of the molecule is Cc1ccc(S(=O)(=O)NCCC(c2ccccc2)N(/N=C/c2ccccc2[N+](=O)[O-])c2ccccc2)cc1. The molecule has 0 aliphatic heterocycles. The van der Waals surface area contributed by atoms with Gasteiger partial charge in [0, 0.05) is 12.6 Å². The average molecular weight is 529 g/mol. The molecule has 0 radical (unpaired) electrons. The number of nitro benzene ring substituents is 1. The summed E-state index contributed by atoms with van der Waals surface area (Å²) in [5, 5.41) is 18.0. The molecule has 1 atom stereocenters. The van der Waals surface area contributed by atoms with Crippen molar-refractivity contribution in [3.05, 3.63) is 136 Å². The number of aryl methyl sites for hydroxylation is 1. The van der Waals surface area contributed by atoms with Crippen LogP contribution in [0.2, 0.25) is 0 Å². The van der Waals surface area contributed by atoms with E-state index in [-0.39, 0.29) is 23.2 Å². The third-order valence-corrected chi connectivity index (χ3v) is 7.47. The van der Waals surface area contributed by atoms with Crippen molar-refractivity contribution in [1.29, 1.82) is 0 Å². The number of anilines is 1. The molecule has 0 aromatic heterocycles. The van der Waals surface area contributed by atoms with Crippen LogP contribution in [0.3, 0.4) is 0 Å². The zero-order valence-electron chi connectivity index (χ0n) is 20.8. The van der Waals surface area contributed by atoms with Gasteiger partial charge in [0.05, 0.1) is 33.3 Å². The van der Waals surface area contributed by atoms with Crippen molar-refractivity contribution in [3.8, 4) is 0 Å². The summed E-state index contributed by atoms with van der Waals surface area (Å²) in [6, 6.07) is 31.8. The van der Waals surface area contributed by atoms with E-state index in [4.69, 9.17) is 5.10 Å². The third-order valence-electron chi connectivity index (χ3n) is 6.00. The van der Waals surface area contributed by atoms with Gasteiger partial charge in [0.25, 0.3) is 5.69 Å². The Morgan fingerprint density at radius 1 is 0.895 bits per heavy atom. The molecule has 0 aliphatic rings. The second-order valence-electron chi connectivity index (χ2n) is 8.67. The van der Waals surface area contributed by atoms with Crippen LogP contribution in [0.15, 0.2) is 119 Å². The molecule has 1 unspecified atom stereocenters. The molecular weight excluding hydrogens is 500 g/mol. The number of hydrazone groups is 1. The van der Waals surface area contributed by atoms with E-state index in [1.165, 1.54) is 12.3 Å². The highest BCUT2D eigenvalue weighted by atomic mass is 32.2. The molecule has 4 aromatic rings. The standard InChI is InChI=1S/C29H28N4O4S/c1-23-16-18-27(19-17-23)38(36,37)31-21-20-28(24-10-4-2-5-11-24)32(26-13-6-3-7-14-26)30-22-25-12-8-9-15-29(25)33(34)35/h2-19,22,28,31H,20-21H2,1H3/b30-22+. The van der Waals surface area contributed by atoms with Crippen molar-refractivity contribution < 1.29 is 13.3 Å². The van der Waals surface area contributed by atoms with Gasteiger partial charge in [-0.2, -0.15) is 5.10 Å². The molecule has 0 saturated heterocycles. The Morgan fingerprint density at radius 2 is 1.50 bits per heavy atom. The van der Waals surface area contributed by atoms with Crippen LogP contribution in [0.5, 0.6) is 0 Å². The fourth-order valence-electron chi connectivity index (χ4n) is 4.03. The largest absolute Gasteiger partial charge is 0.278 e. The minimum Gasteiger partial charge on any atom is -0.258 e. The smallest absolute Gasteiger partial charge is 0.258 e. The van der Waals surface area contributed by atoms with Crippen LogP contribution < -0.4 is 9.73 Å². The quantitative estimate of drug-likeness (QED) is 0.149. The van der Waals surface area contributed by atoms with E-state index in [1.807, 2.05) is 67.6 Å². The lowest BCUT2D eigenvalue weighted by molar-refractivity contribution is -0.385. The zero-order chi connectivity index (χ0) is 27.0. The molecule has 1 N–H and O–H groups in total. The van der Waals surface area contributed by atoms with Crippen molar-refractivity contribution >= 4 is 27.6 Å². The molecule has 194 valence electrons. The Hall–Kier alpha value is -4.34. The highest BCUT2D eigenvalue weighted by Gasteiger charge is 2.23. The van der Waals surface area contributed by atoms with Gasteiger partial charge in [-0.25, -0.2) is 13.1 Å². The Balaban J connectivity index is 1.66. The Kier molecular flexibility index (Phi) is 8.62. The third kappa shape index (κ3) is 6.70. The number of nitrogens with one attached hydrogen (secondary N) is 1. The molecule has 8 nitrogen and oxygen atoms in total. The average Bonchev–Trinajstić information content (AvgIpc) is 2.93. The summed E-state index contributed by atoms with van der Waals surface area (Å²) in [7, 11) is -3.70. The predicted molar refractivity (Wildman–Crippen MR) is 150 cm³/mol. The second-order valence-corrected chi connectivity index (χ2v) is 10.4. The van der Waals surface area contributed by atoms with Crippen molar-refractivity contribution in [1.82, 2.24) is 4.72 Å². The molecule has 0 bridgehead atoms. The minimum atomic E-state index is -3.70. The van der Waals surface area contributed by atoms with Crippen LogP contribution >= 0.6 is 0 Å². The maximum absolute atomic E-state index is 12.9. The number of hydrogen-bond acceptors (Lipinski definition) is 6. The van der Waals surface area contributed by atoms with E-state index in [2.05, 4.69) is 4.72 Å². The fourth-order valence-corrected chi connectivity index (χ4v) is 5.08. The number of nitrogens with zero attached hydrogens (tertiary/aromatic N) is 3. The first kappa shape index (κ1) is 26.7. The number of benzene rings is 4. The van der Waals surface area contributed by atoms with Gasteiger partial charge in [0.2, 0.25) is 10.0 Å². The maximum atomic E-state index is 12.9. The van der Waals surface area contributed by atoms with Crippen molar-refractivity contribution in [2.45, 2.75) is 24.3 Å². The normalized spacial score (nSPS) is 12.3. The molecule has 4 aromatic carbocycles. The Morgan fingerprint density at radius 3 is 2.16 bits per heavy atom. The monoisotopic (exact) mass is 528 g/mol. The van der Waals surface area contributed by atoms with Gasteiger partial charge < -0.3 is 0 Å². The first-order chi connectivity index (χ1) is 18.3. The highest BCUT2D eigenvalue weighted by molar-refractivity contribution is 7.89. The lowest BCUT2D eigenvalue weighted by Gasteiger charge is -2.30. The van der Waals surface area contributed by atoms with Crippen LogP contribution in [0.4, 0.5) is 11.4 Å². The van der Waals surface area contributed by atoms with E-state index in [0.717, 1.165) is 16.8 Å². The van der Waals surface area contributed by atoms with Gasteiger partial charge >= 0.3 is 0 Å². The lowest BCUT2D eigenvalue weighted by atomic mass is 10.0. The summed E-state index contributed by atoms with van der Waals surface area (Å²) in [5.41, 5.74) is 2.97. The van der Waals surface area contributed by atoms with Gasteiger partial charge in [0.15, 0.2) is 0 Å². The van der Waals surface area contributed by atoms with Gasteiger partial charge in [-0.05, 0) is 49.2 Å². The summed E-state index contributed by atoms with van der Waals surface area (Å²) in [6.07, 6.45) is 1.86.